The second-order valence-corrected chi connectivity index (χ2v) is 11.3. The lowest BCUT2D eigenvalue weighted by molar-refractivity contribution is -0.147. The summed E-state index contributed by atoms with van der Waals surface area (Å²) in [5.74, 6) is 0.237. The molecule has 0 aliphatic carbocycles. The molecule has 0 saturated carbocycles. The Labute approximate surface area is 268 Å². The molecule has 0 aromatic heterocycles. The van der Waals surface area contributed by atoms with Crippen molar-refractivity contribution in [3.8, 4) is 11.5 Å². The van der Waals surface area contributed by atoms with Gasteiger partial charge in [0.15, 0.2) is 13.2 Å². The molecular weight excluding hydrogens is 580 g/mol. The maximum Gasteiger partial charge on any atom is 0.344 e. The van der Waals surface area contributed by atoms with Crippen LogP contribution in [0.2, 0.25) is 0 Å². The first-order valence-electron chi connectivity index (χ1n) is 15.5. The number of carbonyl (C=O) groups excluding carboxylic acids is 2. The molecule has 0 aliphatic rings. The van der Waals surface area contributed by atoms with Crippen LogP contribution in [0.3, 0.4) is 0 Å². The van der Waals surface area contributed by atoms with Crippen LogP contribution in [0.15, 0.2) is 24.3 Å². The standard InChI is InChI=1S/C35H52O10/c1-9-11-13-42-31(36)23-44-33-25(19-38-5)15-29(16-26(33)20-39-6)35(3,4)30-17-27(21-40-7)34(28(18-30)22-41-8)45-24-32(37)43-14-12-10-2/h15-18H,9-14,19-24H2,1-8H3. The first kappa shape index (κ1) is 38.0. The summed E-state index contributed by atoms with van der Waals surface area (Å²) < 4.78 is 44.7. The van der Waals surface area contributed by atoms with Crippen LogP contribution in [0.1, 0.15) is 86.8 Å². The maximum absolute atomic E-state index is 12.3. The average molecular weight is 633 g/mol. The normalized spacial score (nSPS) is 11.4. The van der Waals surface area contributed by atoms with Gasteiger partial charge in [-0.05, 0) is 48.2 Å². The number of ether oxygens (including phenoxy) is 8. The molecule has 0 aliphatic heterocycles. The number of hydrogen-bond acceptors (Lipinski definition) is 10. The van der Waals surface area contributed by atoms with Gasteiger partial charge in [-0.3, -0.25) is 0 Å². The Kier molecular flexibility index (Phi) is 16.9. The van der Waals surface area contributed by atoms with E-state index in [0.29, 0.717) is 24.7 Å². The van der Waals surface area contributed by atoms with E-state index < -0.39 is 17.4 Å². The molecule has 45 heavy (non-hydrogen) atoms. The topological polar surface area (TPSA) is 108 Å². The van der Waals surface area contributed by atoms with Crippen LogP contribution >= 0.6 is 0 Å². The average Bonchev–Trinajstić information content (AvgIpc) is 3.00. The lowest BCUT2D eigenvalue weighted by Gasteiger charge is -2.30. The molecular formula is C35H52O10. The molecule has 0 N–H and O–H groups in total. The molecule has 10 nitrogen and oxygen atoms in total. The zero-order valence-corrected chi connectivity index (χ0v) is 28.4. The lowest BCUT2D eigenvalue weighted by Crippen LogP contribution is -2.23. The lowest BCUT2D eigenvalue weighted by atomic mass is 9.76. The van der Waals surface area contributed by atoms with Crippen LogP contribution in [0, 0.1) is 0 Å². The van der Waals surface area contributed by atoms with Crippen LogP contribution in [-0.2, 0) is 69.9 Å². The van der Waals surface area contributed by atoms with Crippen LogP contribution in [0.4, 0.5) is 0 Å². The van der Waals surface area contributed by atoms with E-state index in [9.17, 15) is 9.59 Å². The van der Waals surface area contributed by atoms with Gasteiger partial charge in [-0.25, -0.2) is 9.59 Å². The Morgan fingerprint density at radius 1 is 0.578 bits per heavy atom. The molecule has 0 bridgehead atoms. The van der Waals surface area contributed by atoms with Crippen molar-refractivity contribution in [3.63, 3.8) is 0 Å². The third kappa shape index (κ3) is 11.6. The molecule has 10 heteroatoms. The highest BCUT2D eigenvalue weighted by Crippen LogP contribution is 2.40. The molecule has 2 rings (SSSR count). The minimum absolute atomic E-state index is 0.214. The minimum Gasteiger partial charge on any atom is -0.481 e. The summed E-state index contributed by atoms with van der Waals surface area (Å²) in [6.45, 7) is 9.69. The number of benzene rings is 2. The third-order valence-electron chi connectivity index (χ3n) is 7.32. The zero-order valence-electron chi connectivity index (χ0n) is 28.4. The third-order valence-corrected chi connectivity index (χ3v) is 7.32. The number of carbonyl (C=O) groups is 2. The molecule has 0 radical (unpaired) electrons. The predicted molar refractivity (Wildman–Crippen MR) is 171 cm³/mol. The van der Waals surface area contributed by atoms with Gasteiger partial charge in [0.1, 0.15) is 11.5 Å². The van der Waals surface area contributed by atoms with E-state index in [1.165, 1.54) is 0 Å². The van der Waals surface area contributed by atoms with E-state index in [-0.39, 0.29) is 39.6 Å². The number of unbranched alkanes of at least 4 members (excludes halogenated alkanes) is 2. The summed E-state index contributed by atoms with van der Waals surface area (Å²) in [5, 5.41) is 0. The Balaban J connectivity index is 2.52. The van der Waals surface area contributed by atoms with Crippen molar-refractivity contribution in [2.75, 3.05) is 54.9 Å². The summed E-state index contributed by atoms with van der Waals surface area (Å²) >= 11 is 0. The molecule has 0 atom stereocenters. The summed E-state index contributed by atoms with van der Waals surface area (Å²) in [7, 11) is 6.46. The molecule has 0 fully saturated rings. The minimum atomic E-state index is -0.523. The molecule has 0 amide bonds. The fourth-order valence-electron chi connectivity index (χ4n) is 4.83. The van der Waals surface area contributed by atoms with Gasteiger partial charge in [-0.1, -0.05) is 40.5 Å². The van der Waals surface area contributed by atoms with E-state index in [1.54, 1.807) is 28.4 Å². The van der Waals surface area contributed by atoms with Gasteiger partial charge >= 0.3 is 11.9 Å². The quantitative estimate of drug-likeness (QED) is 0.113. The Morgan fingerprint density at radius 3 is 1.16 bits per heavy atom. The predicted octanol–water partition coefficient (Wildman–Crippen LogP) is 6.04. The van der Waals surface area contributed by atoms with Crippen LogP contribution < -0.4 is 9.47 Å². The SMILES string of the molecule is CCCCOC(=O)COc1c(COC)cc(C(C)(C)c2cc(COC)c(OCC(=O)OCCCC)c(COC)c2)cc1COC. The highest BCUT2D eigenvalue weighted by molar-refractivity contribution is 5.71. The van der Waals surface area contributed by atoms with Crippen molar-refractivity contribution in [2.24, 2.45) is 0 Å². The van der Waals surface area contributed by atoms with E-state index in [0.717, 1.165) is 59.1 Å². The van der Waals surface area contributed by atoms with Gasteiger partial charge in [-0.2, -0.15) is 0 Å². The van der Waals surface area contributed by atoms with Crippen molar-refractivity contribution in [1.82, 2.24) is 0 Å². The number of methoxy groups -OCH3 is 4. The summed E-state index contributed by atoms with van der Waals surface area (Å²) in [6.07, 6.45) is 3.47. The second-order valence-electron chi connectivity index (χ2n) is 11.3. The molecule has 2 aromatic carbocycles. The zero-order chi connectivity index (χ0) is 33.2. The van der Waals surface area contributed by atoms with Gasteiger partial charge in [-0.15, -0.1) is 0 Å². The first-order chi connectivity index (χ1) is 21.7. The first-order valence-corrected chi connectivity index (χ1v) is 15.5. The highest BCUT2D eigenvalue weighted by Gasteiger charge is 2.29. The van der Waals surface area contributed by atoms with Gasteiger partial charge in [0.05, 0.1) is 39.6 Å². The fraction of sp³-hybridized carbons (Fsp3) is 0.600. The summed E-state index contributed by atoms with van der Waals surface area (Å²) in [4.78, 5) is 24.6. The highest BCUT2D eigenvalue weighted by atomic mass is 16.6. The van der Waals surface area contributed by atoms with Crippen LogP contribution in [0.5, 0.6) is 11.5 Å². The molecule has 0 saturated heterocycles. The Bertz CT molecular complexity index is 1060. The maximum atomic E-state index is 12.3. The Morgan fingerprint density at radius 2 is 0.889 bits per heavy atom. The van der Waals surface area contributed by atoms with Gasteiger partial charge in [0.2, 0.25) is 0 Å². The second kappa shape index (κ2) is 20.0. The van der Waals surface area contributed by atoms with Crippen LogP contribution in [0.25, 0.3) is 0 Å². The molecule has 0 heterocycles. The van der Waals surface area contributed by atoms with E-state index >= 15 is 0 Å². The smallest absolute Gasteiger partial charge is 0.344 e. The number of hydrogen-bond donors (Lipinski definition) is 0. The van der Waals surface area contributed by atoms with Crippen molar-refractivity contribution in [1.29, 1.82) is 0 Å². The van der Waals surface area contributed by atoms with Gasteiger partial charge < -0.3 is 37.9 Å². The number of esters is 2. The molecule has 0 unspecified atom stereocenters. The summed E-state index contributed by atoms with van der Waals surface area (Å²) in [6, 6.07) is 8.12. The molecule has 252 valence electrons. The monoisotopic (exact) mass is 632 g/mol. The van der Waals surface area contributed by atoms with Gasteiger partial charge in [0.25, 0.3) is 0 Å². The van der Waals surface area contributed by atoms with Crippen molar-refractivity contribution < 1.29 is 47.5 Å². The molecule has 0 spiro atoms. The van der Waals surface area contributed by atoms with E-state index in [2.05, 4.69) is 13.8 Å². The van der Waals surface area contributed by atoms with E-state index in [4.69, 9.17) is 37.9 Å². The fourth-order valence-corrected chi connectivity index (χ4v) is 4.83. The molecule has 2 aromatic rings. The van der Waals surface area contributed by atoms with E-state index in [1.807, 2.05) is 38.1 Å². The Hall–Kier alpha value is -3.18. The largest absolute Gasteiger partial charge is 0.481 e. The van der Waals surface area contributed by atoms with Crippen molar-refractivity contribution >= 4 is 11.9 Å². The van der Waals surface area contributed by atoms with Crippen molar-refractivity contribution in [2.45, 2.75) is 85.2 Å². The van der Waals surface area contributed by atoms with Crippen molar-refractivity contribution in [3.05, 3.63) is 57.6 Å². The summed E-state index contributed by atoms with van der Waals surface area (Å²) in [5.41, 5.74) is 4.59. The van der Waals surface area contributed by atoms with Crippen LogP contribution in [-0.4, -0.2) is 66.8 Å². The van der Waals surface area contributed by atoms with Gasteiger partial charge in [0, 0.05) is 56.1 Å². The number of rotatable bonds is 22.